The van der Waals surface area contributed by atoms with Gasteiger partial charge in [-0.05, 0) is 17.7 Å². The highest BCUT2D eigenvalue weighted by Gasteiger charge is 2.38. The van der Waals surface area contributed by atoms with E-state index in [-0.39, 0.29) is 17.3 Å². The number of hydrogen-bond acceptors (Lipinski definition) is 3. The van der Waals surface area contributed by atoms with Crippen LogP contribution in [-0.4, -0.2) is 16.2 Å². The van der Waals surface area contributed by atoms with Crippen LogP contribution in [0, 0.1) is 0 Å². The van der Waals surface area contributed by atoms with Gasteiger partial charge >= 0.3 is 12.1 Å². The van der Waals surface area contributed by atoms with Crippen molar-refractivity contribution in [2.45, 2.75) is 12.6 Å². The molecule has 17 heavy (non-hydrogen) atoms. The highest BCUT2D eigenvalue weighted by atomic mass is 19.4. The Bertz CT molecular complexity index is 574. The van der Waals surface area contributed by atoms with E-state index in [4.69, 9.17) is 5.11 Å². The number of aromatic nitrogens is 1. The monoisotopic (exact) mass is 245 g/mol. The molecule has 0 fully saturated rings. The second-order valence-corrected chi connectivity index (χ2v) is 3.43. The van der Waals surface area contributed by atoms with Gasteiger partial charge in [-0.25, -0.2) is 0 Å². The highest BCUT2D eigenvalue weighted by Crippen LogP contribution is 2.34. The molecular formula is C10H6F3NO3. The fourth-order valence-electron chi connectivity index (χ4n) is 1.48. The molecule has 2 rings (SSSR count). The number of hydrogen-bond donors (Lipinski definition) is 1. The SMILES string of the molecule is O=C(O)Cc1ccc2c(C(F)(F)F)onc2c1. The van der Waals surface area contributed by atoms with Crippen molar-refractivity contribution in [2.75, 3.05) is 0 Å². The molecule has 1 aromatic carbocycles. The van der Waals surface area contributed by atoms with Crippen LogP contribution >= 0.6 is 0 Å². The number of benzene rings is 1. The molecule has 0 aliphatic carbocycles. The van der Waals surface area contributed by atoms with Crippen molar-refractivity contribution >= 4 is 16.9 Å². The van der Waals surface area contributed by atoms with E-state index < -0.39 is 17.9 Å². The molecule has 0 saturated carbocycles. The van der Waals surface area contributed by atoms with Gasteiger partial charge in [-0.3, -0.25) is 4.79 Å². The van der Waals surface area contributed by atoms with E-state index in [2.05, 4.69) is 9.68 Å². The van der Waals surface area contributed by atoms with Gasteiger partial charge in [-0.2, -0.15) is 13.2 Å². The smallest absolute Gasteiger partial charge is 0.453 e. The molecule has 0 aliphatic rings. The summed E-state index contributed by atoms with van der Waals surface area (Å²) in [5, 5.41) is 11.6. The minimum absolute atomic E-state index is 0.00363. The summed E-state index contributed by atoms with van der Waals surface area (Å²) in [6.07, 6.45) is -4.88. The highest BCUT2D eigenvalue weighted by molar-refractivity contribution is 5.82. The maximum Gasteiger partial charge on any atom is 0.453 e. The van der Waals surface area contributed by atoms with Gasteiger partial charge in [0.15, 0.2) is 0 Å². The summed E-state index contributed by atoms with van der Waals surface area (Å²) >= 11 is 0. The zero-order valence-electron chi connectivity index (χ0n) is 8.28. The summed E-state index contributed by atoms with van der Waals surface area (Å²) in [5.41, 5.74) is 0.364. The van der Waals surface area contributed by atoms with E-state index in [1.54, 1.807) is 0 Å². The number of carbonyl (C=O) groups is 1. The summed E-state index contributed by atoms with van der Waals surface area (Å²) in [6, 6.07) is 3.73. The second-order valence-electron chi connectivity index (χ2n) is 3.43. The van der Waals surface area contributed by atoms with Crippen LogP contribution in [0.15, 0.2) is 22.7 Å². The lowest BCUT2D eigenvalue weighted by Crippen LogP contribution is -2.03. The number of alkyl halides is 3. The van der Waals surface area contributed by atoms with Crippen molar-refractivity contribution in [2.24, 2.45) is 0 Å². The first-order valence-electron chi connectivity index (χ1n) is 4.55. The van der Waals surface area contributed by atoms with Crippen LogP contribution in [0.4, 0.5) is 13.2 Å². The third kappa shape index (κ3) is 2.22. The summed E-state index contributed by atoms with van der Waals surface area (Å²) in [6.45, 7) is 0. The van der Waals surface area contributed by atoms with E-state index in [1.807, 2.05) is 0 Å². The number of carboxylic acids is 1. The van der Waals surface area contributed by atoms with Crippen molar-refractivity contribution in [1.82, 2.24) is 5.16 Å². The third-order valence-electron chi connectivity index (χ3n) is 2.15. The van der Waals surface area contributed by atoms with Gasteiger partial charge < -0.3 is 9.63 Å². The Morgan fingerprint density at radius 2 is 2.12 bits per heavy atom. The number of fused-ring (bicyclic) bond motifs is 1. The van der Waals surface area contributed by atoms with Crippen LogP contribution in [0.2, 0.25) is 0 Å². The van der Waals surface area contributed by atoms with E-state index in [0.717, 1.165) is 6.07 Å². The fraction of sp³-hybridized carbons (Fsp3) is 0.200. The summed E-state index contributed by atoms with van der Waals surface area (Å²) in [7, 11) is 0. The first-order valence-corrected chi connectivity index (χ1v) is 4.55. The van der Waals surface area contributed by atoms with E-state index >= 15 is 0 Å². The van der Waals surface area contributed by atoms with E-state index in [9.17, 15) is 18.0 Å². The molecule has 0 radical (unpaired) electrons. The van der Waals surface area contributed by atoms with Crippen molar-refractivity contribution in [3.05, 3.63) is 29.5 Å². The van der Waals surface area contributed by atoms with Gasteiger partial charge in [0, 0.05) is 0 Å². The Morgan fingerprint density at radius 3 is 2.71 bits per heavy atom. The largest absolute Gasteiger partial charge is 0.481 e. The summed E-state index contributed by atoms with van der Waals surface area (Å²) in [5.74, 6) is -2.24. The average molecular weight is 245 g/mol. The second kappa shape index (κ2) is 3.76. The molecule has 1 heterocycles. The van der Waals surface area contributed by atoms with Crippen molar-refractivity contribution < 1.29 is 27.6 Å². The fourth-order valence-corrected chi connectivity index (χ4v) is 1.48. The molecule has 0 aliphatic heterocycles. The van der Waals surface area contributed by atoms with E-state index in [0.29, 0.717) is 5.56 Å². The first kappa shape index (κ1) is 11.4. The molecule has 0 amide bonds. The maximum absolute atomic E-state index is 12.4. The van der Waals surface area contributed by atoms with Crippen molar-refractivity contribution in [1.29, 1.82) is 0 Å². The van der Waals surface area contributed by atoms with Crippen LogP contribution in [0.25, 0.3) is 10.9 Å². The van der Waals surface area contributed by atoms with Gasteiger partial charge in [0.25, 0.3) is 0 Å². The van der Waals surface area contributed by atoms with Crippen LogP contribution in [0.1, 0.15) is 11.3 Å². The molecule has 4 nitrogen and oxygen atoms in total. The Kier molecular flexibility index (Phi) is 2.53. The van der Waals surface area contributed by atoms with E-state index in [1.165, 1.54) is 12.1 Å². The minimum Gasteiger partial charge on any atom is -0.481 e. The molecule has 1 N–H and O–H groups in total. The lowest BCUT2D eigenvalue weighted by Gasteiger charge is -2.01. The van der Waals surface area contributed by atoms with Gasteiger partial charge in [0.1, 0.15) is 5.52 Å². The average Bonchev–Trinajstić information content (AvgIpc) is 2.58. The van der Waals surface area contributed by atoms with Crippen LogP contribution in [-0.2, 0) is 17.4 Å². The van der Waals surface area contributed by atoms with Crippen molar-refractivity contribution in [3.63, 3.8) is 0 Å². The Morgan fingerprint density at radius 1 is 1.41 bits per heavy atom. The lowest BCUT2D eigenvalue weighted by molar-refractivity contribution is -0.154. The van der Waals surface area contributed by atoms with Crippen LogP contribution in [0.5, 0.6) is 0 Å². The Balaban J connectivity index is 2.48. The molecular weight excluding hydrogens is 239 g/mol. The molecule has 0 saturated heterocycles. The lowest BCUT2D eigenvalue weighted by atomic mass is 10.1. The number of carboxylic acid groups (broad SMARTS) is 1. The summed E-state index contributed by atoms with van der Waals surface area (Å²) < 4.78 is 41.5. The Hall–Kier alpha value is -2.05. The molecule has 0 bridgehead atoms. The number of halogens is 3. The molecule has 2 aromatic rings. The quantitative estimate of drug-likeness (QED) is 0.882. The van der Waals surface area contributed by atoms with Gasteiger partial charge in [0.2, 0.25) is 5.76 Å². The first-order chi connectivity index (χ1) is 7.88. The standard InChI is InChI=1S/C10H6F3NO3/c11-10(12,13)9-6-2-1-5(4-8(15)16)3-7(6)14-17-9/h1-3H,4H2,(H,15,16). The minimum atomic E-state index is -4.61. The van der Waals surface area contributed by atoms with Gasteiger partial charge in [-0.15, -0.1) is 0 Å². The summed E-state index contributed by atoms with van der Waals surface area (Å²) in [4.78, 5) is 10.4. The Labute approximate surface area is 92.6 Å². The third-order valence-corrected chi connectivity index (χ3v) is 2.15. The van der Waals surface area contributed by atoms with Crippen LogP contribution < -0.4 is 0 Å². The molecule has 1 aromatic heterocycles. The predicted octanol–water partition coefficient (Wildman–Crippen LogP) is 2.47. The maximum atomic E-state index is 12.4. The van der Waals surface area contributed by atoms with Gasteiger partial charge in [-0.1, -0.05) is 11.2 Å². The normalized spacial score (nSPS) is 11.9. The number of rotatable bonds is 2. The number of nitrogens with zero attached hydrogens (tertiary/aromatic N) is 1. The molecule has 90 valence electrons. The van der Waals surface area contributed by atoms with Crippen molar-refractivity contribution in [3.8, 4) is 0 Å². The molecule has 0 unspecified atom stereocenters. The zero-order chi connectivity index (χ0) is 12.6. The zero-order valence-corrected chi connectivity index (χ0v) is 8.28. The molecule has 0 spiro atoms. The molecule has 0 atom stereocenters. The predicted molar refractivity (Wildman–Crippen MR) is 50.4 cm³/mol. The number of aliphatic carboxylic acids is 1. The van der Waals surface area contributed by atoms with Gasteiger partial charge in [0.05, 0.1) is 11.8 Å². The van der Waals surface area contributed by atoms with Crippen LogP contribution in [0.3, 0.4) is 0 Å². The molecule has 7 heteroatoms. The topological polar surface area (TPSA) is 63.3 Å².